The number of piperidine rings is 1. The van der Waals surface area contributed by atoms with E-state index in [0.29, 0.717) is 31.7 Å². The van der Waals surface area contributed by atoms with Crippen molar-refractivity contribution in [2.45, 2.75) is 51.9 Å². The molecule has 1 aromatic heterocycles. The summed E-state index contributed by atoms with van der Waals surface area (Å²) in [6, 6.07) is 5.77. The minimum Gasteiger partial charge on any atom is -0.496 e. The number of hydrogen-bond donors (Lipinski definition) is 2. The van der Waals surface area contributed by atoms with Crippen molar-refractivity contribution in [3.63, 3.8) is 0 Å². The Morgan fingerprint density at radius 2 is 2.13 bits per heavy atom. The summed E-state index contributed by atoms with van der Waals surface area (Å²) in [4.78, 5) is 18.4. The molecular formula is C23H29N3O4. The number of aromatic nitrogens is 1. The number of aliphatic hydroxyl groups is 1. The number of likely N-dealkylation sites (tertiary alicyclic amines) is 1. The van der Waals surface area contributed by atoms with E-state index in [1.165, 1.54) is 0 Å². The molecule has 0 bridgehead atoms. The number of aryl methyl sites for hydroxylation is 2. The van der Waals surface area contributed by atoms with Crippen LogP contribution in [0.4, 0.5) is 5.69 Å². The van der Waals surface area contributed by atoms with E-state index in [0.717, 1.165) is 46.8 Å². The molecule has 30 heavy (non-hydrogen) atoms. The number of aliphatic hydroxyl groups excluding tert-OH is 1. The number of anilines is 1. The first-order valence-corrected chi connectivity index (χ1v) is 10.4. The molecule has 2 N–H and O–H groups in total. The lowest BCUT2D eigenvalue weighted by atomic mass is 10.0. The van der Waals surface area contributed by atoms with Gasteiger partial charge in [0.15, 0.2) is 0 Å². The van der Waals surface area contributed by atoms with E-state index in [2.05, 4.69) is 15.2 Å². The predicted molar refractivity (Wildman–Crippen MR) is 114 cm³/mol. The largest absolute Gasteiger partial charge is 0.496 e. The van der Waals surface area contributed by atoms with Crippen molar-refractivity contribution in [2.24, 2.45) is 0 Å². The third kappa shape index (κ3) is 4.27. The fourth-order valence-corrected chi connectivity index (χ4v) is 4.30. The lowest BCUT2D eigenvalue weighted by Crippen LogP contribution is -2.48. The van der Waals surface area contributed by atoms with Gasteiger partial charge in [0.25, 0.3) is 0 Å². The maximum absolute atomic E-state index is 11.6. The highest BCUT2D eigenvalue weighted by molar-refractivity contribution is 5.94. The van der Waals surface area contributed by atoms with Crippen LogP contribution in [0, 0.1) is 13.8 Å². The van der Waals surface area contributed by atoms with E-state index >= 15 is 0 Å². The van der Waals surface area contributed by atoms with Crippen molar-refractivity contribution in [1.29, 1.82) is 0 Å². The second-order valence-corrected chi connectivity index (χ2v) is 8.16. The monoisotopic (exact) mass is 411 g/mol. The molecule has 2 aromatic rings. The Bertz CT molecular complexity index is 946. The van der Waals surface area contributed by atoms with Gasteiger partial charge in [-0.2, -0.15) is 0 Å². The van der Waals surface area contributed by atoms with Crippen molar-refractivity contribution in [2.75, 3.05) is 25.5 Å². The number of ether oxygens (including phenoxy) is 2. The third-order valence-corrected chi connectivity index (χ3v) is 5.99. The molecule has 4 rings (SSSR count). The molecule has 1 fully saturated rings. The maximum atomic E-state index is 11.6. The highest BCUT2D eigenvalue weighted by atomic mass is 16.5. The van der Waals surface area contributed by atoms with Gasteiger partial charge in [-0.15, -0.1) is 0 Å². The summed E-state index contributed by atoms with van der Waals surface area (Å²) in [7, 11) is 1.68. The van der Waals surface area contributed by atoms with Gasteiger partial charge in [-0.3, -0.25) is 14.7 Å². The van der Waals surface area contributed by atoms with Gasteiger partial charge < -0.3 is 19.9 Å². The Labute approximate surface area is 177 Å². The first-order chi connectivity index (χ1) is 14.4. The van der Waals surface area contributed by atoms with Gasteiger partial charge in [0.05, 0.1) is 12.8 Å². The molecule has 0 aliphatic carbocycles. The smallest absolute Gasteiger partial charge is 0.224 e. The number of fused-ring (bicyclic) bond motifs is 1. The molecule has 0 unspecified atom stereocenters. The number of hydrogen-bond acceptors (Lipinski definition) is 6. The lowest BCUT2D eigenvalue weighted by molar-refractivity contribution is -0.116. The molecule has 7 heteroatoms. The van der Waals surface area contributed by atoms with Crippen molar-refractivity contribution in [1.82, 2.24) is 9.88 Å². The normalized spacial score (nSPS) is 21.7. The van der Waals surface area contributed by atoms with Crippen molar-refractivity contribution in [3.8, 4) is 11.5 Å². The number of amides is 1. The molecule has 1 amide bonds. The number of methoxy groups -OCH3 is 1. The Hall–Kier alpha value is -2.64. The molecule has 0 spiro atoms. The molecule has 3 heterocycles. The summed E-state index contributed by atoms with van der Waals surface area (Å²) < 4.78 is 11.6. The second kappa shape index (κ2) is 8.62. The molecule has 7 nitrogen and oxygen atoms in total. The van der Waals surface area contributed by atoms with Gasteiger partial charge in [0, 0.05) is 55.1 Å². The van der Waals surface area contributed by atoms with Gasteiger partial charge in [-0.05, 0) is 38.3 Å². The summed E-state index contributed by atoms with van der Waals surface area (Å²) in [6.07, 6.45) is 2.94. The minimum atomic E-state index is -0.600. The van der Waals surface area contributed by atoms with Crippen LogP contribution >= 0.6 is 0 Å². The van der Waals surface area contributed by atoms with Gasteiger partial charge in [-0.25, -0.2) is 0 Å². The zero-order valence-electron chi connectivity index (χ0n) is 17.8. The van der Waals surface area contributed by atoms with E-state index in [-0.39, 0.29) is 12.0 Å². The van der Waals surface area contributed by atoms with Crippen molar-refractivity contribution >= 4 is 11.6 Å². The quantitative estimate of drug-likeness (QED) is 0.787. The van der Waals surface area contributed by atoms with Gasteiger partial charge in [-0.1, -0.05) is 6.07 Å². The van der Waals surface area contributed by atoms with Gasteiger partial charge in [0.2, 0.25) is 5.91 Å². The average Bonchev–Trinajstić information content (AvgIpc) is 2.72. The molecule has 0 radical (unpaired) electrons. The summed E-state index contributed by atoms with van der Waals surface area (Å²) in [5, 5.41) is 13.6. The third-order valence-electron chi connectivity index (χ3n) is 5.99. The van der Waals surface area contributed by atoms with Gasteiger partial charge >= 0.3 is 0 Å². The highest BCUT2D eigenvalue weighted by Gasteiger charge is 2.30. The predicted octanol–water partition coefficient (Wildman–Crippen LogP) is 2.61. The highest BCUT2D eigenvalue weighted by Crippen LogP contribution is 2.30. The fraction of sp³-hybridized carbons (Fsp3) is 0.478. The number of rotatable bonds is 5. The van der Waals surface area contributed by atoms with Crippen LogP contribution < -0.4 is 14.8 Å². The number of pyridine rings is 1. The van der Waals surface area contributed by atoms with Crippen LogP contribution in [0.5, 0.6) is 11.5 Å². The molecule has 160 valence electrons. The summed E-state index contributed by atoms with van der Waals surface area (Å²) in [6.45, 7) is 6.00. The van der Waals surface area contributed by atoms with Crippen LogP contribution in [-0.2, 0) is 17.8 Å². The Balaban J connectivity index is 1.38. The number of nitrogens with one attached hydrogen (secondary N) is 1. The Kier molecular flexibility index (Phi) is 5.92. The number of nitrogens with zero attached hydrogens (tertiary/aromatic N) is 2. The molecule has 1 saturated heterocycles. The van der Waals surface area contributed by atoms with Crippen molar-refractivity contribution < 1.29 is 19.4 Å². The first kappa shape index (κ1) is 20.6. The van der Waals surface area contributed by atoms with Crippen LogP contribution in [0.3, 0.4) is 0 Å². The molecule has 0 saturated carbocycles. The summed E-state index contributed by atoms with van der Waals surface area (Å²) in [5.74, 6) is 1.58. The molecule has 1 aromatic carbocycles. The zero-order chi connectivity index (χ0) is 21.3. The minimum absolute atomic E-state index is 0.0321. The van der Waals surface area contributed by atoms with E-state index < -0.39 is 6.10 Å². The van der Waals surface area contributed by atoms with Gasteiger partial charge in [0.1, 0.15) is 23.7 Å². The van der Waals surface area contributed by atoms with Crippen LogP contribution in [-0.4, -0.2) is 53.3 Å². The number of carbonyl (C=O) groups is 1. The van der Waals surface area contributed by atoms with Crippen LogP contribution in [0.15, 0.2) is 24.4 Å². The molecule has 2 aliphatic heterocycles. The number of β-amino-alcohol motifs (C(OH)–C–C–N with tert-alkyl or cyclic N) is 1. The molecule has 2 atom stereocenters. The van der Waals surface area contributed by atoms with Crippen LogP contribution in [0.2, 0.25) is 0 Å². The first-order valence-electron chi connectivity index (χ1n) is 10.4. The SMILES string of the molecule is COc1c(C)cnc(CN2CC[C@@H](Oc3ccc4c(c3)NC(=O)CC4)[C@H](O)C2)c1C. The number of carbonyl (C=O) groups excluding carboxylic acids is 1. The van der Waals surface area contributed by atoms with E-state index in [9.17, 15) is 9.90 Å². The van der Waals surface area contributed by atoms with Crippen LogP contribution in [0.1, 0.15) is 35.2 Å². The fourth-order valence-electron chi connectivity index (χ4n) is 4.30. The topological polar surface area (TPSA) is 83.9 Å². The Morgan fingerprint density at radius 1 is 1.30 bits per heavy atom. The average molecular weight is 412 g/mol. The molecular weight excluding hydrogens is 382 g/mol. The maximum Gasteiger partial charge on any atom is 0.224 e. The zero-order valence-corrected chi connectivity index (χ0v) is 17.8. The summed E-state index contributed by atoms with van der Waals surface area (Å²) >= 11 is 0. The number of benzene rings is 1. The lowest BCUT2D eigenvalue weighted by Gasteiger charge is -2.36. The van der Waals surface area contributed by atoms with Crippen LogP contribution in [0.25, 0.3) is 0 Å². The summed E-state index contributed by atoms with van der Waals surface area (Å²) in [5.41, 5.74) is 4.96. The Morgan fingerprint density at radius 3 is 2.90 bits per heavy atom. The van der Waals surface area contributed by atoms with E-state index in [1.54, 1.807) is 7.11 Å². The second-order valence-electron chi connectivity index (χ2n) is 8.16. The molecule has 2 aliphatic rings. The standard InChI is InChI=1S/C23H29N3O4/c1-14-11-24-19(15(2)23(14)29-3)12-26-9-8-21(20(27)13-26)30-17-6-4-16-5-7-22(28)25-18(16)10-17/h4,6,10-11,20-21,27H,5,7-9,12-13H2,1-3H3,(H,25,28)/t20-,21-/m1/s1. The van der Waals surface area contributed by atoms with E-state index in [1.807, 2.05) is 38.2 Å². The van der Waals surface area contributed by atoms with Crippen molar-refractivity contribution in [3.05, 3.63) is 46.8 Å². The van der Waals surface area contributed by atoms with E-state index in [4.69, 9.17) is 9.47 Å².